The topological polar surface area (TPSA) is 0 Å². The Morgan fingerprint density at radius 2 is 2.13 bits per heavy atom. The molecule has 0 aromatic carbocycles. The van der Waals surface area contributed by atoms with Crippen molar-refractivity contribution in [1.29, 1.82) is 0 Å². The van der Waals surface area contributed by atoms with E-state index >= 15 is 0 Å². The molecule has 2 bridgehead atoms. The molecule has 2 unspecified atom stereocenters. The van der Waals surface area contributed by atoms with E-state index in [2.05, 4.69) is 18.7 Å². The van der Waals surface area contributed by atoms with Gasteiger partial charge in [0.05, 0.1) is 0 Å². The Morgan fingerprint density at radius 3 is 2.73 bits per heavy atom. The molecule has 2 aliphatic rings. The first-order chi connectivity index (χ1) is 7.35. The summed E-state index contributed by atoms with van der Waals surface area (Å²) in [7, 11) is 0. The van der Waals surface area contributed by atoms with Crippen molar-refractivity contribution in [3.05, 3.63) is 24.8 Å². The zero-order chi connectivity index (χ0) is 10.6. The summed E-state index contributed by atoms with van der Waals surface area (Å²) in [6.07, 6.45) is 19.7. The molecule has 0 amide bonds. The Labute approximate surface area is 94.5 Å². The molecule has 15 heavy (non-hydrogen) atoms. The third-order valence-corrected chi connectivity index (χ3v) is 4.24. The third kappa shape index (κ3) is 2.74. The van der Waals surface area contributed by atoms with Crippen LogP contribution in [-0.2, 0) is 0 Å². The molecule has 0 radical (unpaired) electrons. The van der Waals surface area contributed by atoms with Crippen molar-refractivity contribution >= 4 is 0 Å². The molecule has 0 aliphatic heterocycles. The van der Waals surface area contributed by atoms with Crippen LogP contribution in [-0.4, -0.2) is 0 Å². The van der Waals surface area contributed by atoms with E-state index in [1.54, 1.807) is 0 Å². The van der Waals surface area contributed by atoms with E-state index in [-0.39, 0.29) is 0 Å². The van der Waals surface area contributed by atoms with Crippen LogP contribution in [0, 0.1) is 11.3 Å². The summed E-state index contributed by atoms with van der Waals surface area (Å²) in [6, 6.07) is 0. The summed E-state index contributed by atoms with van der Waals surface area (Å²) in [5, 5.41) is 0. The predicted octanol–water partition coefficient (Wildman–Crippen LogP) is 4.87. The molecule has 0 spiro atoms. The Balaban J connectivity index is 1.58. The Morgan fingerprint density at radius 1 is 1.27 bits per heavy atom. The van der Waals surface area contributed by atoms with Crippen LogP contribution in [0.2, 0.25) is 0 Å². The van der Waals surface area contributed by atoms with E-state index in [1.165, 1.54) is 57.8 Å². The minimum absolute atomic E-state index is 0.656. The summed E-state index contributed by atoms with van der Waals surface area (Å²) >= 11 is 0. The quantitative estimate of drug-likeness (QED) is 0.410. The average molecular weight is 204 g/mol. The molecule has 0 aromatic heterocycles. The van der Waals surface area contributed by atoms with Crippen molar-refractivity contribution in [3.8, 4) is 0 Å². The highest BCUT2D eigenvalue weighted by molar-refractivity contribution is 5.15. The first kappa shape index (κ1) is 11.0. The molecule has 0 N–H and O–H groups in total. The zero-order valence-electron chi connectivity index (χ0n) is 9.88. The van der Waals surface area contributed by atoms with E-state index in [0.29, 0.717) is 5.41 Å². The van der Waals surface area contributed by atoms with Crippen LogP contribution >= 0.6 is 0 Å². The van der Waals surface area contributed by atoms with Gasteiger partial charge in [0.15, 0.2) is 0 Å². The lowest BCUT2D eigenvalue weighted by Gasteiger charge is -2.23. The molecule has 0 nitrogen and oxygen atoms in total. The normalized spacial score (nSPS) is 32.4. The number of unbranched alkanes of at least 4 members (excludes halogenated alkanes) is 4. The molecule has 0 heterocycles. The molecule has 2 atom stereocenters. The van der Waals surface area contributed by atoms with E-state index in [4.69, 9.17) is 0 Å². The van der Waals surface area contributed by atoms with Crippen molar-refractivity contribution in [2.45, 2.75) is 57.8 Å². The zero-order valence-corrected chi connectivity index (χ0v) is 9.88. The van der Waals surface area contributed by atoms with Gasteiger partial charge in [-0.15, -0.1) is 6.58 Å². The third-order valence-electron chi connectivity index (χ3n) is 4.24. The molecule has 2 rings (SSSR count). The van der Waals surface area contributed by atoms with Gasteiger partial charge in [-0.05, 0) is 49.9 Å². The molecule has 0 aromatic rings. The van der Waals surface area contributed by atoms with Gasteiger partial charge in [0.25, 0.3) is 0 Å². The van der Waals surface area contributed by atoms with Gasteiger partial charge in [0.2, 0.25) is 0 Å². The van der Waals surface area contributed by atoms with Gasteiger partial charge in [-0.25, -0.2) is 0 Å². The fraction of sp³-hybridized carbons (Fsp3) is 0.733. The lowest BCUT2D eigenvalue weighted by molar-refractivity contribution is 0.351. The summed E-state index contributed by atoms with van der Waals surface area (Å²) in [5.74, 6) is 0.950. The second-order valence-electron chi connectivity index (χ2n) is 5.47. The highest BCUT2D eigenvalue weighted by Gasteiger charge is 2.39. The number of fused-ring (bicyclic) bond motifs is 2. The van der Waals surface area contributed by atoms with E-state index < -0.39 is 0 Å². The number of hydrogen-bond acceptors (Lipinski definition) is 0. The Kier molecular flexibility index (Phi) is 3.66. The highest BCUT2D eigenvalue weighted by Crippen LogP contribution is 2.51. The first-order valence-corrected chi connectivity index (χ1v) is 6.65. The van der Waals surface area contributed by atoms with E-state index in [9.17, 15) is 0 Å². The monoisotopic (exact) mass is 204 g/mol. The highest BCUT2D eigenvalue weighted by atomic mass is 14.4. The average Bonchev–Trinajstić information content (AvgIpc) is 2.83. The molecule has 2 aliphatic carbocycles. The van der Waals surface area contributed by atoms with Gasteiger partial charge in [0.1, 0.15) is 0 Å². The maximum absolute atomic E-state index is 3.76. The van der Waals surface area contributed by atoms with Gasteiger partial charge in [-0.3, -0.25) is 0 Å². The SMILES string of the molecule is C=CCCCCCCC12C=CC(CC1)C2. The van der Waals surface area contributed by atoms with Gasteiger partial charge < -0.3 is 0 Å². The van der Waals surface area contributed by atoms with Crippen LogP contribution in [0.1, 0.15) is 57.8 Å². The van der Waals surface area contributed by atoms with Gasteiger partial charge in [0, 0.05) is 0 Å². The van der Waals surface area contributed by atoms with Crippen LogP contribution in [0.5, 0.6) is 0 Å². The summed E-state index contributed by atoms with van der Waals surface area (Å²) in [5.41, 5.74) is 0.656. The molecule has 1 fully saturated rings. The van der Waals surface area contributed by atoms with E-state index in [1.807, 2.05) is 6.08 Å². The fourth-order valence-electron chi connectivity index (χ4n) is 3.28. The summed E-state index contributed by atoms with van der Waals surface area (Å²) in [4.78, 5) is 0. The Bertz CT molecular complexity index is 238. The summed E-state index contributed by atoms with van der Waals surface area (Å²) < 4.78 is 0. The van der Waals surface area contributed by atoms with Crippen molar-refractivity contribution < 1.29 is 0 Å². The lowest BCUT2D eigenvalue weighted by atomic mass is 9.82. The van der Waals surface area contributed by atoms with Gasteiger partial charge in [-0.2, -0.15) is 0 Å². The van der Waals surface area contributed by atoms with Crippen LogP contribution in [0.4, 0.5) is 0 Å². The first-order valence-electron chi connectivity index (χ1n) is 6.65. The standard InChI is InChI=1S/C15H24/c1-2-3-4-5-6-7-10-15-11-8-14(13-15)9-12-15/h2,8,11,14H,1,3-7,9-10,12-13H2. The molecule has 0 heteroatoms. The molecule has 84 valence electrons. The second kappa shape index (κ2) is 5.01. The van der Waals surface area contributed by atoms with Crippen LogP contribution in [0.3, 0.4) is 0 Å². The van der Waals surface area contributed by atoms with Crippen LogP contribution in [0.25, 0.3) is 0 Å². The maximum atomic E-state index is 3.76. The molecule has 1 saturated carbocycles. The van der Waals surface area contributed by atoms with Gasteiger partial charge >= 0.3 is 0 Å². The van der Waals surface area contributed by atoms with Crippen LogP contribution < -0.4 is 0 Å². The lowest BCUT2D eigenvalue weighted by Crippen LogP contribution is -2.10. The molecular weight excluding hydrogens is 180 g/mol. The van der Waals surface area contributed by atoms with Crippen LogP contribution in [0.15, 0.2) is 24.8 Å². The minimum atomic E-state index is 0.656. The van der Waals surface area contributed by atoms with Crippen molar-refractivity contribution in [1.82, 2.24) is 0 Å². The van der Waals surface area contributed by atoms with Crippen molar-refractivity contribution in [2.24, 2.45) is 11.3 Å². The Hall–Kier alpha value is -0.520. The summed E-state index contributed by atoms with van der Waals surface area (Å²) in [6.45, 7) is 3.76. The van der Waals surface area contributed by atoms with Gasteiger partial charge in [-0.1, -0.05) is 37.5 Å². The maximum Gasteiger partial charge on any atom is -0.0112 e. The number of allylic oxidation sites excluding steroid dienone is 3. The van der Waals surface area contributed by atoms with Crippen molar-refractivity contribution in [2.75, 3.05) is 0 Å². The molecular formula is C15H24. The largest absolute Gasteiger partial charge is 0.103 e. The fourth-order valence-corrected chi connectivity index (χ4v) is 3.28. The minimum Gasteiger partial charge on any atom is -0.103 e. The molecule has 0 saturated heterocycles. The van der Waals surface area contributed by atoms with Crippen molar-refractivity contribution in [3.63, 3.8) is 0 Å². The number of hydrogen-bond donors (Lipinski definition) is 0. The smallest absolute Gasteiger partial charge is 0.0112 e. The number of rotatable bonds is 7. The predicted molar refractivity (Wildman–Crippen MR) is 66.8 cm³/mol. The van der Waals surface area contributed by atoms with E-state index in [0.717, 1.165) is 5.92 Å². The second-order valence-corrected chi connectivity index (χ2v) is 5.47.